The lowest BCUT2D eigenvalue weighted by Gasteiger charge is -2.31. The number of halogens is 1. The van der Waals surface area contributed by atoms with Gasteiger partial charge in [0.25, 0.3) is 0 Å². The van der Waals surface area contributed by atoms with E-state index >= 15 is 0 Å². The fourth-order valence-electron chi connectivity index (χ4n) is 1.07. The monoisotopic (exact) mass is 194 g/mol. The van der Waals surface area contributed by atoms with Gasteiger partial charge in [-0.2, -0.15) is 0 Å². The standard InChI is InChI=1S/C7H19ClN2Si/c1-5-7-11(8,9-6-2)10(3)4/h9H,5-7H2,1-4H3. The van der Waals surface area contributed by atoms with Gasteiger partial charge in [-0.3, -0.25) is 0 Å². The minimum absolute atomic E-state index is 0.966. The van der Waals surface area contributed by atoms with Gasteiger partial charge in [-0.15, -0.1) is 11.1 Å². The first kappa shape index (κ1) is 11.4. The smallest absolute Gasteiger partial charge is 0.304 e. The summed E-state index contributed by atoms with van der Waals surface area (Å²) in [6.45, 7) is 5.24. The van der Waals surface area contributed by atoms with Crippen molar-refractivity contribution in [2.45, 2.75) is 26.3 Å². The summed E-state index contributed by atoms with van der Waals surface area (Å²) in [6, 6.07) is 1.11. The fraction of sp³-hybridized carbons (Fsp3) is 1.00. The first-order valence-corrected chi connectivity index (χ1v) is 7.34. The van der Waals surface area contributed by atoms with Crippen LogP contribution < -0.4 is 4.98 Å². The maximum atomic E-state index is 6.43. The zero-order valence-electron chi connectivity index (χ0n) is 7.95. The van der Waals surface area contributed by atoms with E-state index in [2.05, 4.69) is 37.5 Å². The summed E-state index contributed by atoms with van der Waals surface area (Å²) < 4.78 is 2.15. The third-order valence-corrected chi connectivity index (χ3v) is 7.20. The molecule has 0 aliphatic carbocycles. The van der Waals surface area contributed by atoms with Crippen molar-refractivity contribution in [1.82, 2.24) is 9.55 Å². The van der Waals surface area contributed by atoms with Gasteiger partial charge in [0.15, 0.2) is 0 Å². The molecule has 0 saturated carbocycles. The Morgan fingerprint density at radius 1 is 1.36 bits per heavy atom. The quantitative estimate of drug-likeness (QED) is 0.530. The van der Waals surface area contributed by atoms with Crippen LogP contribution in [0.2, 0.25) is 6.04 Å². The highest BCUT2D eigenvalue weighted by Gasteiger charge is 2.32. The van der Waals surface area contributed by atoms with Crippen molar-refractivity contribution in [2.24, 2.45) is 0 Å². The molecule has 0 aliphatic rings. The van der Waals surface area contributed by atoms with Crippen molar-refractivity contribution >= 4 is 18.8 Å². The van der Waals surface area contributed by atoms with Crippen LogP contribution in [0.1, 0.15) is 20.3 Å². The number of hydrogen-bond acceptors (Lipinski definition) is 2. The Hall–Kier alpha value is 0.427. The third-order valence-electron chi connectivity index (χ3n) is 1.74. The van der Waals surface area contributed by atoms with Crippen LogP contribution in [0.3, 0.4) is 0 Å². The molecule has 2 nitrogen and oxygen atoms in total. The minimum Gasteiger partial charge on any atom is -0.314 e. The molecule has 1 unspecified atom stereocenters. The van der Waals surface area contributed by atoms with E-state index < -0.39 is 7.71 Å². The maximum absolute atomic E-state index is 6.43. The molecule has 0 fully saturated rings. The highest BCUT2D eigenvalue weighted by atomic mass is 35.6. The molecule has 1 N–H and O–H groups in total. The zero-order valence-corrected chi connectivity index (χ0v) is 9.70. The Balaban J connectivity index is 4.01. The molecule has 0 heterocycles. The van der Waals surface area contributed by atoms with E-state index in [1.165, 1.54) is 0 Å². The van der Waals surface area contributed by atoms with Gasteiger partial charge in [0.1, 0.15) is 0 Å². The molecule has 0 rings (SSSR count). The Labute approximate surface area is 75.8 Å². The number of hydrogen-bond donors (Lipinski definition) is 1. The molecule has 4 heteroatoms. The molecule has 0 bridgehead atoms. The minimum atomic E-state index is -1.77. The summed E-state index contributed by atoms with van der Waals surface area (Å²) in [5.74, 6) is 0. The second kappa shape index (κ2) is 5.14. The van der Waals surface area contributed by atoms with Crippen molar-refractivity contribution in [3.63, 3.8) is 0 Å². The molecular formula is C7H19ClN2Si. The lowest BCUT2D eigenvalue weighted by atomic mass is 10.6. The molecule has 0 aliphatic heterocycles. The van der Waals surface area contributed by atoms with Crippen LogP contribution in [0.15, 0.2) is 0 Å². The summed E-state index contributed by atoms with van der Waals surface area (Å²) >= 11 is 6.43. The lowest BCUT2D eigenvalue weighted by Crippen LogP contribution is -2.56. The van der Waals surface area contributed by atoms with Crippen LogP contribution in [-0.4, -0.2) is 32.9 Å². The molecule has 0 radical (unpaired) electrons. The Morgan fingerprint density at radius 2 is 1.91 bits per heavy atom. The van der Waals surface area contributed by atoms with Gasteiger partial charge in [0, 0.05) is 0 Å². The highest BCUT2D eigenvalue weighted by molar-refractivity contribution is 7.17. The summed E-state index contributed by atoms with van der Waals surface area (Å²) in [7, 11) is 2.34. The number of nitrogens with one attached hydrogen (secondary N) is 1. The van der Waals surface area contributed by atoms with E-state index in [9.17, 15) is 0 Å². The second-order valence-corrected chi connectivity index (χ2v) is 8.08. The van der Waals surface area contributed by atoms with Crippen LogP contribution >= 0.6 is 11.1 Å². The van der Waals surface area contributed by atoms with Crippen LogP contribution in [0.25, 0.3) is 0 Å². The molecule has 68 valence electrons. The molecule has 0 saturated heterocycles. The summed E-state index contributed by atoms with van der Waals surface area (Å²) in [5, 5.41) is 0. The molecule has 0 amide bonds. The predicted octanol–water partition coefficient (Wildman–Crippen LogP) is 1.75. The third kappa shape index (κ3) is 3.56. The molecule has 0 aromatic rings. The molecule has 0 aromatic carbocycles. The van der Waals surface area contributed by atoms with Gasteiger partial charge in [0.05, 0.1) is 0 Å². The predicted molar refractivity (Wildman–Crippen MR) is 54.1 cm³/mol. The van der Waals surface area contributed by atoms with Crippen molar-refractivity contribution < 1.29 is 0 Å². The lowest BCUT2D eigenvalue weighted by molar-refractivity contribution is 0.599. The van der Waals surface area contributed by atoms with E-state index in [1.807, 2.05) is 0 Å². The van der Waals surface area contributed by atoms with Crippen LogP contribution in [0.5, 0.6) is 0 Å². The van der Waals surface area contributed by atoms with Crippen LogP contribution in [0.4, 0.5) is 0 Å². The van der Waals surface area contributed by atoms with Gasteiger partial charge < -0.3 is 9.55 Å². The van der Waals surface area contributed by atoms with Crippen molar-refractivity contribution in [2.75, 3.05) is 20.6 Å². The van der Waals surface area contributed by atoms with E-state index in [0.717, 1.165) is 19.0 Å². The largest absolute Gasteiger partial charge is 0.314 e. The molecule has 1 atom stereocenters. The van der Waals surface area contributed by atoms with Crippen molar-refractivity contribution in [3.05, 3.63) is 0 Å². The average Bonchev–Trinajstić information content (AvgIpc) is 1.88. The van der Waals surface area contributed by atoms with E-state index in [0.29, 0.717) is 0 Å². The topological polar surface area (TPSA) is 15.3 Å². The van der Waals surface area contributed by atoms with Gasteiger partial charge in [0.2, 0.25) is 0 Å². The maximum Gasteiger partial charge on any atom is 0.304 e. The van der Waals surface area contributed by atoms with Gasteiger partial charge in [-0.05, 0) is 26.7 Å². The number of nitrogens with zero attached hydrogens (tertiary/aromatic N) is 1. The molecular weight excluding hydrogens is 176 g/mol. The first-order valence-electron chi connectivity index (χ1n) is 4.18. The fourth-order valence-corrected chi connectivity index (χ4v) is 4.18. The number of rotatable bonds is 5. The Morgan fingerprint density at radius 3 is 2.18 bits per heavy atom. The summed E-state index contributed by atoms with van der Waals surface area (Å²) in [6.07, 6.45) is 1.15. The van der Waals surface area contributed by atoms with Gasteiger partial charge in [-0.25, -0.2) is 0 Å². The van der Waals surface area contributed by atoms with E-state index in [-0.39, 0.29) is 0 Å². The normalized spacial score (nSPS) is 16.9. The molecule has 0 aromatic heterocycles. The SMILES string of the molecule is CCC[Si](Cl)(NCC)N(C)C. The molecule has 0 spiro atoms. The van der Waals surface area contributed by atoms with Crippen LogP contribution in [0, 0.1) is 0 Å². The van der Waals surface area contributed by atoms with Crippen molar-refractivity contribution in [1.29, 1.82) is 0 Å². The summed E-state index contributed by atoms with van der Waals surface area (Å²) in [5.41, 5.74) is 0. The summed E-state index contributed by atoms with van der Waals surface area (Å²) in [4.78, 5) is 3.39. The Kier molecular flexibility index (Phi) is 5.34. The highest BCUT2D eigenvalue weighted by Crippen LogP contribution is 2.15. The second-order valence-electron chi connectivity index (χ2n) is 2.93. The Bertz CT molecular complexity index is 103. The van der Waals surface area contributed by atoms with E-state index in [1.54, 1.807) is 0 Å². The van der Waals surface area contributed by atoms with Crippen molar-refractivity contribution in [3.8, 4) is 0 Å². The van der Waals surface area contributed by atoms with E-state index in [4.69, 9.17) is 11.1 Å². The average molecular weight is 195 g/mol. The zero-order chi connectivity index (χ0) is 8.91. The first-order chi connectivity index (χ1) is 5.06. The molecule has 11 heavy (non-hydrogen) atoms. The van der Waals surface area contributed by atoms with Gasteiger partial charge in [-0.1, -0.05) is 20.3 Å². The van der Waals surface area contributed by atoms with Gasteiger partial charge >= 0.3 is 7.71 Å². The van der Waals surface area contributed by atoms with Crippen LogP contribution in [-0.2, 0) is 0 Å².